The molecule has 1 fully saturated rings. The maximum atomic E-state index is 12.4. The molecule has 0 aliphatic carbocycles. The Morgan fingerprint density at radius 3 is 2.32 bits per heavy atom. The second-order valence-electron chi connectivity index (χ2n) is 7.14. The first kappa shape index (κ1) is 19.9. The van der Waals surface area contributed by atoms with Crippen molar-refractivity contribution in [1.82, 2.24) is 4.90 Å². The Labute approximate surface area is 166 Å². The summed E-state index contributed by atoms with van der Waals surface area (Å²) in [5.41, 5.74) is 2.25. The van der Waals surface area contributed by atoms with Crippen molar-refractivity contribution in [3.8, 4) is 5.75 Å². The van der Waals surface area contributed by atoms with E-state index >= 15 is 0 Å². The van der Waals surface area contributed by atoms with Gasteiger partial charge in [-0.15, -0.1) is 0 Å². The highest BCUT2D eigenvalue weighted by atomic mass is 16.5. The second kappa shape index (κ2) is 9.93. The standard InChI is InChI=1S/C23H28N2O3/c1-2-3-16-28-21-12-8-19(9-13-21)23(27)24-20-10-6-18(7-11-20)17-22(26)25-14-4-5-15-25/h6-13H,2-5,14-17H2,1H3,(H,24,27). The van der Waals surface area contributed by atoms with E-state index in [2.05, 4.69) is 12.2 Å². The number of carbonyl (C=O) groups is 2. The van der Waals surface area contributed by atoms with Crippen molar-refractivity contribution in [2.75, 3.05) is 25.0 Å². The molecule has 148 valence electrons. The number of rotatable bonds is 8. The van der Waals surface area contributed by atoms with Gasteiger partial charge in [-0.3, -0.25) is 9.59 Å². The van der Waals surface area contributed by atoms with Crippen LogP contribution >= 0.6 is 0 Å². The number of amides is 2. The van der Waals surface area contributed by atoms with E-state index in [1.54, 1.807) is 12.1 Å². The summed E-state index contributed by atoms with van der Waals surface area (Å²) in [6, 6.07) is 14.6. The Bertz CT molecular complexity index is 778. The van der Waals surface area contributed by atoms with Gasteiger partial charge >= 0.3 is 0 Å². The maximum absolute atomic E-state index is 12.4. The number of nitrogens with one attached hydrogen (secondary N) is 1. The number of ether oxygens (including phenoxy) is 1. The average Bonchev–Trinajstić information content (AvgIpc) is 3.25. The Balaban J connectivity index is 1.51. The average molecular weight is 380 g/mol. The van der Waals surface area contributed by atoms with Crippen LogP contribution in [0.25, 0.3) is 0 Å². The van der Waals surface area contributed by atoms with Crippen LogP contribution in [-0.2, 0) is 11.2 Å². The van der Waals surface area contributed by atoms with Crippen molar-refractivity contribution in [3.63, 3.8) is 0 Å². The zero-order valence-electron chi connectivity index (χ0n) is 16.4. The third kappa shape index (κ3) is 5.59. The third-order valence-corrected chi connectivity index (χ3v) is 4.91. The molecule has 1 aliphatic rings. The lowest BCUT2D eigenvalue weighted by Crippen LogP contribution is -2.29. The van der Waals surface area contributed by atoms with Crippen molar-refractivity contribution < 1.29 is 14.3 Å². The molecule has 0 unspecified atom stereocenters. The Hall–Kier alpha value is -2.82. The minimum atomic E-state index is -0.166. The van der Waals surface area contributed by atoms with E-state index in [1.165, 1.54) is 0 Å². The predicted octanol–water partition coefficient (Wildman–Crippen LogP) is 4.28. The number of hydrogen-bond donors (Lipinski definition) is 1. The Morgan fingerprint density at radius 2 is 1.68 bits per heavy atom. The zero-order valence-corrected chi connectivity index (χ0v) is 16.4. The van der Waals surface area contributed by atoms with Gasteiger partial charge in [0.2, 0.25) is 5.91 Å². The summed E-state index contributed by atoms with van der Waals surface area (Å²) in [6.45, 7) is 4.55. The second-order valence-corrected chi connectivity index (χ2v) is 7.14. The van der Waals surface area contributed by atoms with Gasteiger partial charge in [-0.05, 0) is 61.2 Å². The summed E-state index contributed by atoms with van der Waals surface area (Å²) in [5.74, 6) is 0.786. The van der Waals surface area contributed by atoms with Gasteiger partial charge in [0.25, 0.3) is 5.91 Å². The van der Waals surface area contributed by atoms with Crippen molar-refractivity contribution in [1.29, 1.82) is 0 Å². The summed E-state index contributed by atoms with van der Waals surface area (Å²) >= 11 is 0. The molecule has 1 aliphatic heterocycles. The topological polar surface area (TPSA) is 58.6 Å². The minimum Gasteiger partial charge on any atom is -0.494 e. The highest BCUT2D eigenvalue weighted by Gasteiger charge is 2.17. The van der Waals surface area contributed by atoms with Crippen LogP contribution in [0.4, 0.5) is 5.69 Å². The highest BCUT2D eigenvalue weighted by Crippen LogP contribution is 2.16. The molecule has 0 bridgehead atoms. The largest absolute Gasteiger partial charge is 0.494 e. The van der Waals surface area contributed by atoms with E-state index in [1.807, 2.05) is 41.3 Å². The first-order chi connectivity index (χ1) is 13.7. The predicted molar refractivity (Wildman–Crippen MR) is 111 cm³/mol. The number of nitrogens with zero attached hydrogens (tertiary/aromatic N) is 1. The van der Waals surface area contributed by atoms with Crippen molar-refractivity contribution in [3.05, 3.63) is 59.7 Å². The molecule has 2 amide bonds. The fraction of sp³-hybridized carbons (Fsp3) is 0.391. The van der Waals surface area contributed by atoms with E-state index < -0.39 is 0 Å². The number of carbonyl (C=O) groups excluding carboxylic acids is 2. The van der Waals surface area contributed by atoms with Crippen LogP contribution in [0.15, 0.2) is 48.5 Å². The van der Waals surface area contributed by atoms with Gasteiger partial charge in [-0.2, -0.15) is 0 Å². The van der Waals surface area contributed by atoms with Crippen molar-refractivity contribution >= 4 is 17.5 Å². The number of hydrogen-bond acceptors (Lipinski definition) is 3. The quantitative estimate of drug-likeness (QED) is 0.695. The smallest absolute Gasteiger partial charge is 0.255 e. The number of likely N-dealkylation sites (tertiary alicyclic amines) is 1. The third-order valence-electron chi connectivity index (χ3n) is 4.91. The van der Waals surface area contributed by atoms with Crippen LogP contribution in [0.5, 0.6) is 5.75 Å². The number of anilines is 1. The van der Waals surface area contributed by atoms with E-state index in [0.717, 1.165) is 50.1 Å². The van der Waals surface area contributed by atoms with Gasteiger partial charge in [0, 0.05) is 24.3 Å². The van der Waals surface area contributed by atoms with Crippen LogP contribution in [0.1, 0.15) is 48.5 Å². The molecule has 5 nitrogen and oxygen atoms in total. The lowest BCUT2D eigenvalue weighted by Gasteiger charge is -2.15. The lowest BCUT2D eigenvalue weighted by molar-refractivity contribution is -0.129. The van der Waals surface area contributed by atoms with Gasteiger partial charge in [-0.1, -0.05) is 25.5 Å². The van der Waals surface area contributed by atoms with E-state index in [9.17, 15) is 9.59 Å². The number of unbranched alkanes of at least 4 members (excludes halogenated alkanes) is 1. The van der Waals surface area contributed by atoms with Crippen molar-refractivity contribution in [2.45, 2.75) is 39.0 Å². The molecule has 1 heterocycles. The SMILES string of the molecule is CCCCOc1ccc(C(=O)Nc2ccc(CC(=O)N3CCCC3)cc2)cc1. The normalized spacial score (nSPS) is 13.4. The number of benzene rings is 2. The molecule has 1 saturated heterocycles. The monoisotopic (exact) mass is 380 g/mol. The molecule has 28 heavy (non-hydrogen) atoms. The molecule has 2 aromatic rings. The lowest BCUT2D eigenvalue weighted by atomic mass is 10.1. The summed E-state index contributed by atoms with van der Waals surface area (Å²) < 4.78 is 5.62. The van der Waals surface area contributed by atoms with Crippen LogP contribution in [0.3, 0.4) is 0 Å². The van der Waals surface area contributed by atoms with Crippen LogP contribution < -0.4 is 10.1 Å². The fourth-order valence-electron chi connectivity index (χ4n) is 3.20. The van der Waals surface area contributed by atoms with Crippen molar-refractivity contribution in [2.24, 2.45) is 0 Å². The first-order valence-corrected chi connectivity index (χ1v) is 10.1. The zero-order chi connectivity index (χ0) is 19.8. The van der Waals surface area contributed by atoms with Crippen LogP contribution in [-0.4, -0.2) is 36.4 Å². The highest BCUT2D eigenvalue weighted by molar-refractivity contribution is 6.04. The molecular formula is C23H28N2O3. The van der Waals surface area contributed by atoms with Gasteiger partial charge in [0.05, 0.1) is 13.0 Å². The summed E-state index contributed by atoms with van der Waals surface area (Å²) in [7, 11) is 0. The molecule has 1 N–H and O–H groups in total. The summed E-state index contributed by atoms with van der Waals surface area (Å²) in [4.78, 5) is 26.6. The maximum Gasteiger partial charge on any atom is 0.255 e. The molecule has 0 atom stereocenters. The van der Waals surface area contributed by atoms with Gasteiger partial charge in [0.1, 0.15) is 5.75 Å². The molecule has 0 aromatic heterocycles. The van der Waals surface area contributed by atoms with Gasteiger partial charge in [-0.25, -0.2) is 0 Å². The Morgan fingerprint density at radius 1 is 1.00 bits per heavy atom. The minimum absolute atomic E-state index is 0.166. The summed E-state index contributed by atoms with van der Waals surface area (Å²) in [5, 5.41) is 2.89. The molecule has 3 rings (SSSR count). The van der Waals surface area contributed by atoms with E-state index in [0.29, 0.717) is 24.3 Å². The van der Waals surface area contributed by atoms with E-state index in [4.69, 9.17) is 4.74 Å². The van der Waals surface area contributed by atoms with E-state index in [-0.39, 0.29) is 11.8 Å². The molecule has 5 heteroatoms. The Kier molecular flexibility index (Phi) is 7.06. The fourth-order valence-corrected chi connectivity index (χ4v) is 3.20. The van der Waals surface area contributed by atoms with Gasteiger partial charge < -0.3 is 15.0 Å². The molecule has 2 aromatic carbocycles. The first-order valence-electron chi connectivity index (χ1n) is 10.1. The molecule has 0 spiro atoms. The van der Waals surface area contributed by atoms with Gasteiger partial charge in [0.15, 0.2) is 0 Å². The summed E-state index contributed by atoms with van der Waals surface area (Å²) in [6.07, 6.45) is 4.71. The van der Waals surface area contributed by atoms with Crippen LogP contribution in [0, 0.1) is 0 Å². The van der Waals surface area contributed by atoms with Crippen LogP contribution in [0.2, 0.25) is 0 Å². The molecular weight excluding hydrogens is 352 g/mol. The molecule has 0 radical (unpaired) electrons. The molecule has 0 saturated carbocycles.